The lowest BCUT2D eigenvalue weighted by atomic mass is 9.98. The fourth-order valence-corrected chi connectivity index (χ4v) is 15.8. The number of fused-ring (bicyclic) bond motifs is 4. The van der Waals surface area contributed by atoms with E-state index in [1.54, 1.807) is 145 Å². The third-order valence-corrected chi connectivity index (χ3v) is 23.1. The minimum atomic E-state index is -4.78. The van der Waals surface area contributed by atoms with Crippen LogP contribution in [-0.4, -0.2) is 82.0 Å². The first-order valence-electron chi connectivity index (χ1n) is 43.5. The summed E-state index contributed by atoms with van der Waals surface area (Å²) >= 11 is 0. The van der Waals surface area contributed by atoms with Gasteiger partial charge < -0.3 is 21.3 Å². The molecule has 0 spiro atoms. The smallest absolute Gasteiger partial charge is 0.322 e. The van der Waals surface area contributed by atoms with Gasteiger partial charge in [0.2, 0.25) is 0 Å². The van der Waals surface area contributed by atoms with Crippen LogP contribution >= 0.6 is 0 Å². The van der Waals surface area contributed by atoms with Crippen LogP contribution in [0.1, 0.15) is 85.9 Å². The number of anilines is 4. The molecule has 0 aliphatic heterocycles. The highest BCUT2D eigenvalue weighted by atomic mass is 19.4. The van der Waals surface area contributed by atoms with Crippen molar-refractivity contribution < 1.29 is 85.0 Å². The lowest BCUT2D eigenvalue weighted by Gasteiger charge is -2.15. The molecule has 20 nitrogen and oxygen atoms in total. The van der Waals surface area contributed by atoms with Gasteiger partial charge in [-0.2, -0.15) is 59.9 Å². The highest BCUT2D eigenvalue weighted by Gasteiger charge is 2.39. The van der Waals surface area contributed by atoms with Gasteiger partial charge >= 0.3 is 18.5 Å². The Morgan fingerprint density at radius 3 is 0.986 bits per heavy atom. The molecule has 0 saturated heterocycles. The molecule has 0 atom stereocenters. The van der Waals surface area contributed by atoms with Gasteiger partial charge in [-0.25, -0.2) is 59.4 Å². The molecule has 0 saturated carbocycles. The van der Waals surface area contributed by atoms with Crippen molar-refractivity contribution in [3.63, 3.8) is 0 Å². The average molecular weight is 1940 g/mol. The number of halogens is 15. The van der Waals surface area contributed by atoms with Crippen LogP contribution in [0, 0.1) is 69.5 Å². The van der Waals surface area contributed by atoms with E-state index in [4.69, 9.17) is 0 Å². The first kappa shape index (κ1) is 96.6. The summed E-state index contributed by atoms with van der Waals surface area (Å²) in [5.41, 5.74) is 9.65. The van der Waals surface area contributed by atoms with Crippen LogP contribution < -0.4 is 21.3 Å². The normalized spacial score (nSPS) is 11.5. The van der Waals surface area contributed by atoms with E-state index in [-0.39, 0.29) is 45.1 Å². The van der Waals surface area contributed by atoms with Crippen molar-refractivity contribution in [2.24, 2.45) is 0 Å². The molecule has 0 fully saturated rings. The molecule has 714 valence electrons. The number of imidazole rings is 3. The predicted octanol–water partition coefficient (Wildman–Crippen LogP) is 26.7. The Labute approximate surface area is 802 Å². The van der Waals surface area contributed by atoms with Gasteiger partial charge in [0.15, 0.2) is 51.8 Å². The summed E-state index contributed by atoms with van der Waals surface area (Å²) in [5, 5.41) is 27.6. The van der Waals surface area contributed by atoms with Crippen molar-refractivity contribution in [1.29, 1.82) is 0 Å². The molecule has 143 heavy (non-hydrogen) atoms. The highest BCUT2D eigenvalue weighted by Crippen LogP contribution is 2.43. The number of carbonyl (C=O) groups excluding carboxylic acids is 4. The molecule has 0 aliphatic carbocycles. The van der Waals surface area contributed by atoms with Crippen molar-refractivity contribution >= 4 is 68.8 Å². The zero-order valence-corrected chi connectivity index (χ0v) is 75.3. The van der Waals surface area contributed by atoms with E-state index in [1.165, 1.54) is 111 Å². The minimum Gasteiger partial charge on any atom is -0.322 e. The number of nitrogens with zero attached hydrogens (tertiary/aromatic N) is 12. The Bertz CT molecular complexity index is 8030. The lowest BCUT2D eigenvalue weighted by Crippen LogP contribution is -2.19. The zero-order valence-electron chi connectivity index (χ0n) is 75.3. The summed E-state index contributed by atoms with van der Waals surface area (Å²) in [6.45, 7) is 9.42. The fraction of sp³-hybridized carbons (Fsp3) is 0.0741. The van der Waals surface area contributed by atoms with Crippen LogP contribution in [0.25, 0.3) is 112 Å². The van der Waals surface area contributed by atoms with Gasteiger partial charge in [0.25, 0.3) is 23.6 Å². The molecular formula is C108H73F15N16O4. The summed E-state index contributed by atoms with van der Waals surface area (Å²) < 4.78 is 214. The maximum absolute atomic E-state index is 14.5. The van der Waals surface area contributed by atoms with Gasteiger partial charge in [0.05, 0.1) is 86.5 Å². The van der Waals surface area contributed by atoms with Crippen LogP contribution in [0.3, 0.4) is 0 Å². The second-order valence-electron chi connectivity index (χ2n) is 32.8. The summed E-state index contributed by atoms with van der Waals surface area (Å²) in [4.78, 5) is 69.1. The number of hydrogen-bond acceptors (Lipinski definition) is 12. The lowest BCUT2D eigenvalue weighted by molar-refractivity contribution is -0.138. The van der Waals surface area contributed by atoms with Gasteiger partial charge in [-0.05, 0) is 221 Å². The minimum absolute atomic E-state index is 0.00210. The molecule has 0 aliphatic rings. The molecular weight excluding hydrogens is 1870 g/mol. The Hall–Kier alpha value is -18.1. The van der Waals surface area contributed by atoms with Gasteiger partial charge in [0.1, 0.15) is 0 Å². The van der Waals surface area contributed by atoms with Crippen molar-refractivity contribution in [2.45, 2.75) is 53.1 Å². The third kappa shape index (κ3) is 20.8. The summed E-state index contributed by atoms with van der Waals surface area (Å²) in [6.07, 6.45) is -0.739. The molecule has 9 heterocycles. The monoisotopic (exact) mass is 1940 g/mol. The Balaban J connectivity index is 0.000000131. The predicted molar refractivity (Wildman–Crippen MR) is 511 cm³/mol. The van der Waals surface area contributed by atoms with E-state index in [0.717, 1.165) is 87.5 Å². The van der Waals surface area contributed by atoms with Crippen LogP contribution in [-0.2, 0) is 18.5 Å². The molecule has 9 aromatic heterocycles. The number of benzene rings is 11. The number of nitrogens with one attached hydrogen (secondary N) is 4. The standard InChI is InChI=1S/C28H18F5N3O.C27H17F5N4O.C27H20F2N4O.C26H18F3N5O/c1-16-8-11-18(12-9-16)35-27(37)20-14-17(10-13-22(20)28(31,32)33)24-6-3-7-25-21(15-34-36(24)25)19-4-2-5-23(29)26(19)30;1-15-5-8-17(9-6-15)35-26(37)20-13-16(7-10-21(20)27(30,31)32)18-11-12-34-36-23(14-33-25(18)36)19-3-2-4-22(28)24(19)29;1-16-6-10-19(11-7-16)32-27(34)22-14-18(9-8-17(22)2)20-12-13-31-33-24(15-30-26(20)33)21-4-3-5-23(28)25(21)29;1-16-4-7-19(8-5-16)33-25(35)21-13-17(6-9-22(21)26(27,28)29)20-10-12-32-34-23(15-31-24(20)34)18-3-2-11-30-14-18/h2-15H,1H3,(H,35,37);2-14H,1H3,(H,35,37);3-15H,1-2H3,(H,32,34);2-15H,1H3,(H,33,35). The van der Waals surface area contributed by atoms with E-state index >= 15 is 0 Å². The van der Waals surface area contributed by atoms with Gasteiger partial charge in [-0.15, -0.1) is 0 Å². The van der Waals surface area contributed by atoms with Gasteiger partial charge in [-0.1, -0.05) is 131 Å². The van der Waals surface area contributed by atoms with Crippen molar-refractivity contribution in [1.82, 2.24) is 58.4 Å². The second kappa shape index (κ2) is 40.2. The van der Waals surface area contributed by atoms with Gasteiger partial charge in [0, 0.05) is 109 Å². The quantitative estimate of drug-likeness (QED) is 0.0661. The Morgan fingerprint density at radius 1 is 0.266 bits per heavy atom. The Kier molecular flexibility index (Phi) is 27.1. The number of alkyl halides is 9. The maximum atomic E-state index is 14.5. The second-order valence-corrected chi connectivity index (χ2v) is 32.8. The van der Waals surface area contributed by atoms with Crippen molar-refractivity contribution in [2.75, 3.05) is 21.3 Å². The maximum Gasteiger partial charge on any atom is 0.417 e. The average Bonchev–Trinajstić information content (AvgIpc) is 1.65. The number of pyridine rings is 2. The number of amides is 4. The molecule has 35 heteroatoms. The molecule has 20 aromatic rings. The van der Waals surface area contributed by atoms with E-state index in [0.29, 0.717) is 90.0 Å². The molecule has 4 amide bonds. The number of aromatic nitrogens is 12. The first-order valence-corrected chi connectivity index (χ1v) is 43.5. The van der Waals surface area contributed by atoms with E-state index in [9.17, 15) is 85.0 Å². The third-order valence-electron chi connectivity index (χ3n) is 23.1. The van der Waals surface area contributed by atoms with Crippen LogP contribution in [0.4, 0.5) is 88.6 Å². The number of rotatable bonds is 16. The molecule has 0 bridgehead atoms. The topological polar surface area (TPSA) is 237 Å². The molecule has 0 unspecified atom stereocenters. The van der Waals surface area contributed by atoms with Crippen molar-refractivity contribution in [3.05, 3.63) is 430 Å². The molecule has 11 aromatic carbocycles. The van der Waals surface area contributed by atoms with Gasteiger partial charge in [-0.3, -0.25) is 24.2 Å². The largest absolute Gasteiger partial charge is 0.417 e. The van der Waals surface area contributed by atoms with E-state index in [2.05, 4.69) is 61.6 Å². The Morgan fingerprint density at radius 2 is 0.601 bits per heavy atom. The molecule has 20 rings (SSSR count). The van der Waals surface area contributed by atoms with Crippen LogP contribution in [0.2, 0.25) is 0 Å². The summed E-state index contributed by atoms with van der Waals surface area (Å²) in [7, 11) is 0. The fourth-order valence-electron chi connectivity index (χ4n) is 15.8. The SMILES string of the molecule is Cc1ccc(NC(=O)c2cc(-c3cccc4c(-c5cccc(F)c5F)cnn34)ccc2C(F)(F)F)cc1.Cc1ccc(NC(=O)c2cc(-c3ccnn4c(-c5cccc(F)c5F)cnc34)ccc2C(F)(F)F)cc1.Cc1ccc(NC(=O)c2cc(-c3ccnn4c(-c5cccc(F)c5F)cnc34)ccc2C)cc1.Cc1ccc(NC(=O)c2cc(-c3ccnn4c(-c5cccnc5)cnc34)ccc2C(F)(F)F)cc1. The van der Waals surface area contributed by atoms with E-state index < -0.39 is 105 Å². The summed E-state index contributed by atoms with van der Waals surface area (Å²) in [5.74, 6) is -9.01. The van der Waals surface area contributed by atoms with Crippen LogP contribution in [0.5, 0.6) is 0 Å². The molecule has 4 N–H and O–H groups in total. The molecule has 0 radical (unpaired) electrons. The van der Waals surface area contributed by atoms with E-state index in [1.807, 2.05) is 77.1 Å². The number of hydrogen-bond donors (Lipinski definition) is 4. The number of aryl methyl sites for hydroxylation is 5. The van der Waals surface area contributed by atoms with Crippen molar-refractivity contribution in [3.8, 4) is 89.5 Å². The highest BCUT2D eigenvalue weighted by molar-refractivity contribution is 6.09. The zero-order chi connectivity index (χ0) is 101. The summed E-state index contributed by atoms with van der Waals surface area (Å²) in [6, 6.07) is 68.0. The first-order chi connectivity index (χ1) is 68.5. The van der Waals surface area contributed by atoms with Crippen LogP contribution in [0.15, 0.2) is 329 Å². The number of carbonyl (C=O) groups is 4.